The Kier molecular flexibility index (Phi) is 4.15. The molecule has 2 heterocycles. The molecule has 0 unspecified atom stereocenters. The van der Waals surface area contributed by atoms with Gasteiger partial charge < -0.3 is 14.0 Å². The molecule has 0 spiro atoms. The third kappa shape index (κ3) is 3.16. The van der Waals surface area contributed by atoms with Crippen LogP contribution in [0, 0.1) is 12.8 Å². The molecule has 3 atom stereocenters. The van der Waals surface area contributed by atoms with Crippen molar-refractivity contribution in [1.29, 1.82) is 0 Å². The summed E-state index contributed by atoms with van der Waals surface area (Å²) in [7, 11) is 1.86. The Balaban J connectivity index is 1.43. The molecular weight excluding hydrogens is 294 g/mol. The molecule has 4 rings (SSSR count). The molecule has 1 saturated heterocycles. The standard InChI is InChI=1S/C17H27N3O3/c1-12-18-16(19-23-12)10-20-8-7-17(21-2)6-5-14(9-15(17)20)22-11-13-3-4-13/h13-15H,3-11H2,1-2H3/t14-,15+,17-/m1/s1. The molecule has 0 amide bonds. The van der Waals surface area contributed by atoms with E-state index in [0.717, 1.165) is 57.1 Å². The van der Waals surface area contributed by atoms with Crippen LogP contribution in [-0.2, 0) is 16.0 Å². The minimum atomic E-state index is -0.0157. The molecule has 1 aromatic rings. The van der Waals surface area contributed by atoms with Crippen LogP contribution in [0.25, 0.3) is 0 Å². The molecule has 1 aliphatic heterocycles. The molecule has 0 radical (unpaired) electrons. The van der Waals surface area contributed by atoms with Crippen molar-refractivity contribution in [2.45, 2.75) is 69.7 Å². The summed E-state index contributed by atoms with van der Waals surface area (Å²) in [4.78, 5) is 6.81. The number of hydrogen-bond donors (Lipinski definition) is 0. The van der Waals surface area contributed by atoms with E-state index in [9.17, 15) is 0 Å². The molecule has 0 N–H and O–H groups in total. The van der Waals surface area contributed by atoms with Gasteiger partial charge in [-0.15, -0.1) is 0 Å². The lowest BCUT2D eigenvalue weighted by atomic mass is 9.79. The maximum absolute atomic E-state index is 6.18. The largest absolute Gasteiger partial charge is 0.378 e. The average Bonchev–Trinajstić information content (AvgIpc) is 3.21. The second kappa shape index (κ2) is 6.15. The third-order valence-electron chi connectivity index (χ3n) is 5.83. The summed E-state index contributed by atoms with van der Waals surface area (Å²) in [5.41, 5.74) is -0.0157. The monoisotopic (exact) mass is 321 g/mol. The van der Waals surface area contributed by atoms with Gasteiger partial charge in [-0.1, -0.05) is 5.16 Å². The summed E-state index contributed by atoms with van der Waals surface area (Å²) in [5, 5.41) is 4.05. The summed E-state index contributed by atoms with van der Waals surface area (Å²) < 4.78 is 17.3. The molecule has 1 aromatic heterocycles. The second-order valence-electron chi connectivity index (χ2n) is 7.41. The molecule has 23 heavy (non-hydrogen) atoms. The highest BCUT2D eigenvalue weighted by molar-refractivity contribution is 5.06. The Hall–Kier alpha value is -0.980. The average molecular weight is 321 g/mol. The third-order valence-corrected chi connectivity index (χ3v) is 5.83. The van der Waals surface area contributed by atoms with Crippen LogP contribution < -0.4 is 0 Å². The highest BCUT2D eigenvalue weighted by atomic mass is 16.5. The Morgan fingerprint density at radius 3 is 2.87 bits per heavy atom. The SMILES string of the molecule is CO[C@@]12CC[C@@H](OCC3CC3)C[C@@H]1N(Cc1noc(C)n1)CC2. The first kappa shape index (κ1) is 15.5. The molecular formula is C17H27N3O3. The van der Waals surface area contributed by atoms with Gasteiger partial charge in [0.15, 0.2) is 5.82 Å². The van der Waals surface area contributed by atoms with Gasteiger partial charge in [-0.2, -0.15) is 4.98 Å². The van der Waals surface area contributed by atoms with E-state index in [1.165, 1.54) is 12.8 Å². The van der Waals surface area contributed by atoms with Crippen molar-refractivity contribution in [2.24, 2.45) is 5.92 Å². The molecule has 3 aliphatic rings. The number of nitrogens with zero attached hydrogens (tertiary/aromatic N) is 3. The first-order chi connectivity index (χ1) is 11.2. The van der Waals surface area contributed by atoms with Crippen molar-refractivity contribution in [2.75, 3.05) is 20.3 Å². The maximum atomic E-state index is 6.18. The Morgan fingerprint density at radius 2 is 2.17 bits per heavy atom. The van der Waals surface area contributed by atoms with Crippen molar-refractivity contribution in [3.8, 4) is 0 Å². The van der Waals surface area contributed by atoms with Gasteiger partial charge in [-0.05, 0) is 44.4 Å². The maximum Gasteiger partial charge on any atom is 0.223 e. The predicted molar refractivity (Wildman–Crippen MR) is 83.9 cm³/mol. The molecule has 6 heteroatoms. The van der Waals surface area contributed by atoms with Gasteiger partial charge in [0.25, 0.3) is 0 Å². The molecule has 3 fully saturated rings. The summed E-state index contributed by atoms with van der Waals surface area (Å²) in [5.74, 6) is 2.23. The Bertz CT molecular complexity index is 545. The van der Waals surface area contributed by atoms with E-state index in [-0.39, 0.29) is 5.60 Å². The van der Waals surface area contributed by atoms with E-state index in [1.54, 1.807) is 0 Å². The zero-order valence-corrected chi connectivity index (χ0v) is 14.2. The number of ether oxygens (including phenoxy) is 2. The zero-order chi connectivity index (χ0) is 15.9. The summed E-state index contributed by atoms with van der Waals surface area (Å²) in [6.45, 7) is 4.55. The van der Waals surface area contributed by atoms with E-state index in [4.69, 9.17) is 14.0 Å². The smallest absolute Gasteiger partial charge is 0.223 e. The fraction of sp³-hybridized carbons (Fsp3) is 0.882. The summed E-state index contributed by atoms with van der Waals surface area (Å²) >= 11 is 0. The molecule has 0 aromatic carbocycles. The molecule has 128 valence electrons. The molecule has 0 bridgehead atoms. The number of likely N-dealkylation sites (tertiary alicyclic amines) is 1. The van der Waals surface area contributed by atoms with Crippen molar-refractivity contribution >= 4 is 0 Å². The first-order valence-electron chi connectivity index (χ1n) is 8.88. The lowest BCUT2D eigenvalue weighted by Crippen LogP contribution is -2.51. The second-order valence-corrected chi connectivity index (χ2v) is 7.41. The number of methoxy groups -OCH3 is 1. The van der Waals surface area contributed by atoms with E-state index in [0.29, 0.717) is 18.0 Å². The quantitative estimate of drug-likeness (QED) is 0.801. The van der Waals surface area contributed by atoms with Crippen LogP contribution in [0.15, 0.2) is 4.52 Å². The van der Waals surface area contributed by atoms with Crippen LogP contribution in [0.4, 0.5) is 0 Å². The lowest BCUT2D eigenvalue weighted by Gasteiger charge is -2.43. The highest BCUT2D eigenvalue weighted by Crippen LogP contribution is 2.44. The van der Waals surface area contributed by atoms with Gasteiger partial charge in [-0.25, -0.2) is 0 Å². The fourth-order valence-corrected chi connectivity index (χ4v) is 4.24. The minimum Gasteiger partial charge on any atom is -0.378 e. The number of fused-ring (bicyclic) bond motifs is 1. The van der Waals surface area contributed by atoms with E-state index in [2.05, 4.69) is 15.0 Å². The van der Waals surface area contributed by atoms with Gasteiger partial charge in [0.05, 0.1) is 18.2 Å². The van der Waals surface area contributed by atoms with Gasteiger partial charge in [-0.3, -0.25) is 4.90 Å². The minimum absolute atomic E-state index is 0.0157. The fourth-order valence-electron chi connectivity index (χ4n) is 4.24. The van der Waals surface area contributed by atoms with E-state index < -0.39 is 0 Å². The number of hydrogen-bond acceptors (Lipinski definition) is 6. The Morgan fingerprint density at radius 1 is 1.30 bits per heavy atom. The lowest BCUT2D eigenvalue weighted by molar-refractivity contribution is -0.103. The van der Waals surface area contributed by atoms with Crippen LogP contribution >= 0.6 is 0 Å². The van der Waals surface area contributed by atoms with Crippen LogP contribution in [0.1, 0.15) is 50.2 Å². The van der Waals surface area contributed by atoms with E-state index in [1.807, 2.05) is 14.0 Å². The predicted octanol–water partition coefficient (Wildman–Crippen LogP) is 2.32. The Labute approximate surface area is 137 Å². The van der Waals surface area contributed by atoms with Crippen LogP contribution in [-0.4, -0.2) is 53.0 Å². The number of aromatic nitrogens is 2. The van der Waals surface area contributed by atoms with Gasteiger partial charge in [0.2, 0.25) is 5.89 Å². The van der Waals surface area contributed by atoms with Crippen molar-refractivity contribution in [3.05, 3.63) is 11.7 Å². The summed E-state index contributed by atoms with van der Waals surface area (Å²) in [6.07, 6.45) is 7.41. The van der Waals surface area contributed by atoms with Crippen LogP contribution in [0.3, 0.4) is 0 Å². The first-order valence-corrected chi connectivity index (χ1v) is 8.88. The zero-order valence-electron chi connectivity index (χ0n) is 14.2. The summed E-state index contributed by atoms with van der Waals surface area (Å²) in [6, 6.07) is 0.393. The van der Waals surface area contributed by atoms with Crippen LogP contribution in [0.2, 0.25) is 0 Å². The molecule has 2 aliphatic carbocycles. The topological polar surface area (TPSA) is 60.6 Å². The highest BCUT2D eigenvalue weighted by Gasteiger charge is 2.51. The number of aryl methyl sites for hydroxylation is 1. The van der Waals surface area contributed by atoms with Crippen molar-refractivity contribution in [3.63, 3.8) is 0 Å². The van der Waals surface area contributed by atoms with Crippen LogP contribution in [0.5, 0.6) is 0 Å². The number of rotatable bonds is 6. The van der Waals surface area contributed by atoms with Crippen molar-refractivity contribution in [1.82, 2.24) is 15.0 Å². The van der Waals surface area contributed by atoms with Gasteiger partial charge >= 0.3 is 0 Å². The van der Waals surface area contributed by atoms with Gasteiger partial charge in [0.1, 0.15) is 0 Å². The molecule has 2 saturated carbocycles. The van der Waals surface area contributed by atoms with Gasteiger partial charge in [0, 0.05) is 33.2 Å². The molecule has 6 nitrogen and oxygen atoms in total. The van der Waals surface area contributed by atoms with E-state index >= 15 is 0 Å². The van der Waals surface area contributed by atoms with Crippen molar-refractivity contribution < 1.29 is 14.0 Å². The normalized spacial score (nSPS) is 34.7.